The Balaban J connectivity index is 2.62. The summed E-state index contributed by atoms with van der Waals surface area (Å²) in [5, 5.41) is 0. The van der Waals surface area contributed by atoms with Gasteiger partial charge in [-0.25, -0.2) is 0 Å². The molecule has 9 heavy (non-hydrogen) atoms. The molecule has 2 nitrogen and oxygen atoms in total. The molecular formula is C6H7NaO2. The minimum atomic E-state index is -0.138. The van der Waals surface area contributed by atoms with Gasteiger partial charge in [-0.3, -0.25) is 0 Å². The zero-order valence-electron chi connectivity index (χ0n) is 5.52. The van der Waals surface area contributed by atoms with Crippen LogP contribution in [0.5, 0.6) is 0 Å². The van der Waals surface area contributed by atoms with Gasteiger partial charge in [0.05, 0.1) is 0 Å². The molecule has 44 valence electrons. The second-order valence-corrected chi connectivity index (χ2v) is 3.97. The molecule has 0 aromatic rings. The van der Waals surface area contributed by atoms with Crippen LogP contribution in [0.2, 0.25) is 3.17 Å². The van der Waals surface area contributed by atoms with E-state index < -0.39 is 0 Å². The van der Waals surface area contributed by atoms with Crippen LogP contribution in [0.25, 0.3) is 0 Å². The van der Waals surface area contributed by atoms with Crippen LogP contribution in [0.15, 0.2) is 0 Å². The molecular weight excluding hydrogens is 127 g/mol. The molecule has 1 aliphatic carbocycles. The molecule has 1 rings (SSSR count). The van der Waals surface area contributed by atoms with E-state index in [0.29, 0.717) is 6.42 Å². The minimum absolute atomic E-state index is 0.104. The van der Waals surface area contributed by atoms with Crippen molar-refractivity contribution >= 4 is 39.5 Å². The van der Waals surface area contributed by atoms with Crippen LogP contribution in [0, 0.1) is 0 Å². The van der Waals surface area contributed by atoms with Crippen molar-refractivity contribution in [3.63, 3.8) is 0 Å². The fourth-order valence-corrected chi connectivity index (χ4v) is 1.83. The summed E-state index contributed by atoms with van der Waals surface area (Å²) < 4.78 is 0.131. The Kier molecular flexibility index (Phi) is 2.44. The second-order valence-electron chi connectivity index (χ2n) is 2.58. The van der Waals surface area contributed by atoms with E-state index in [-0.39, 0.29) is 14.7 Å². The molecule has 3 heteroatoms. The molecule has 0 amide bonds. The maximum absolute atomic E-state index is 10.8. The summed E-state index contributed by atoms with van der Waals surface area (Å²) in [5.74, 6) is -0.242. The molecule has 1 fully saturated rings. The number of rotatable bonds is 0. The van der Waals surface area contributed by atoms with Crippen LogP contribution < -0.4 is 0 Å². The standard InChI is InChI=1S/C6H7O2.Na/c7-5-3-1-2-4-6(5)8;/h3H,1-2,4H2;. The van der Waals surface area contributed by atoms with E-state index >= 15 is 0 Å². The van der Waals surface area contributed by atoms with Crippen molar-refractivity contribution in [3.8, 4) is 0 Å². The number of carbonyl (C=O) groups is 2. The number of carbonyl (C=O) groups excluding carboxylic acids is 2. The van der Waals surface area contributed by atoms with Gasteiger partial charge < -0.3 is 0 Å². The Labute approximate surface area is 71.4 Å². The predicted octanol–water partition coefficient (Wildman–Crippen LogP) is 0.265. The van der Waals surface area contributed by atoms with E-state index in [0.717, 1.165) is 40.8 Å². The molecule has 0 saturated heterocycles. The third kappa shape index (κ3) is 1.63. The monoisotopic (exact) mass is 134 g/mol. The number of ketones is 2. The van der Waals surface area contributed by atoms with Crippen LogP contribution in [0.1, 0.15) is 19.3 Å². The summed E-state index contributed by atoms with van der Waals surface area (Å²) in [7, 11) is 0. The van der Waals surface area contributed by atoms with Crippen molar-refractivity contribution in [2.75, 3.05) is 0 Å². The van der Waals surface area contributed by atoms with Crippen LogP contribution in [0.3, 0.4) is 0 Å². The summed E-state index contributed by atoms with van der Waals surface area (Å²) >= 11 is 0.852. The Morgan fingerprint density at radius 1 is 1.44 bits per heavy atom. The SMILES string of the molecule is O=C1CCC[CH]([Na])C1=O. The van der Waals surface area contributed by atoms with Gasteiger partial charge in [0, 0.05) is 0 Å². The summed E-state index contributed by atoms with van der Waals surface area (Å²) in [5.41, 5.74) is 0. The first kappa shape index (κ1) is 7.45. The van der Waals surface area contributed by atoms with Gasteiger partial charge in [0.2, 0.25) is 0 Å². The summed E-state index contributed by atoms with van der Waals surface area (Å²) in [6.07, 6.45) is 2.38. The van der Waals surface area contributed by atoms with Crippen molar-refractivity contribution < 1.29 is 9.59 Å². The average molecular weight is 134 g/mol. The molecule has 0 bridgehead atoms. The normalized spacial score (nSPS) is 28.9. The predicted molar refractivity (Wildman–Crippen MR) is 33.4 cm³/mol. The molecule has 1 aliphatic rings. The molecule has 0 aromatic carbocycles. The maximum atomic E-state index is 10.8. The molecule has 0 N–H and O–H groups in total. The first-order valence-corrected chi connectivity index (χ1v) is 4.44. The van der Waals surface area contributed by atoms with E-state index in [4.69, 9.17) is 0 Å². The quantitative estimate of drug-likeness (QED) is 0.352. The van der Waals surface area contributed by atoms with Gasteiger partial charge in [0.25, 0.3) is 0 Å². The molecule has 0 aliphatic heterocycles. The van der Waals surface area contributed by atoms with Gasteiger partial charge in [-0.1, -0.05) is 0 Å². The Morgan fingerprint density at radius 2 is 2.11 bits per heavy atom. The topological polar surface area (TPSA) is 34.1 Å². The van der Waals surface area contributed by atoms with E-state index in [1.54, 1.807) is 0 Å². The fraction of sp³-hybridized carbons (Fsp3) is 0.667. The first-order valence-electron chi connectivity index (χ1n) is 3.29. The average Bonchev–Trinajstić information content (AvgIpc) is 1.83. The van der Waals surface area contributed by atoms with Crippen LogP contribution >= 0.6 is 0 Å². The first-order chi connectivity index (χ1) is 4.22. The number of Topliss-reactive ketones (excluding diaryl/α,β-unsaturated/α-hetero) is 2. The van der Waals surface area contributed by atoms with Gasteiger partial charge in [-0.15, -0.1) is 0 Å². The second kappa shape index (κ2) is 2.95. The van der Waals surface area contributed by atoms with Gasteiger partial charge >= 0.3 is 71.5 Å². The van der Waals surface area contributed by atoms with E-state index in [1.165, 1.54) is 0 Å². The molecule has 0 heterocycles. The fourth-order valence-electron chi connectivity index (χ4n) is 1.10. The molecule has 0 spiro atoms. The van der Waals surface area contributed by atoms with Gasteiger partial charge in [-0.05, 0) is 0 Å². The Hall–Kier alpha value is 0.340. The third-order valence-corrected chi connectivity index (χ3v) is 2.87. The van der Waals surface area contributed by atoms with E-state index in [9.17, 15) is 9.59 Å². The van der Waals surface area contributed by atoms with Crippen molar-refractivity contribution in [1.29, 1.82) is 0 Å². The van der Waals surface area contributed by atoms with Gasteiger partial charge in [0.15, 0.2) is 0 Å². The van der Waals surface area contributed by atoms with Crippen molar-refractivity contribution in [1.82, 2.24) is 0 Å². The van der Waals surface area contributed by atoms with Crippen LogP contribution in [0.4, 0.5) is 0 Å². The van der Waals surface area contributed by atoms with E-state index in [2.05, 4.69) is 0 Å². The van der Waals surface area contributed by atoms with Crippen molar-refractivity contribution in [2.45, 2.75) is 22.4 Å². The molecule has 1 atom stereocenters. The zero-order valence-corrected chi connectivity index (χ0v) is 7.52. The van der Waals surface area contributed by atoms with Crippen LogP contribution in [-0.4, -0.2) is 39.5 Å². The summed E-state index contributed by atoms with van der Waals surface area (Å²) in [6.45, 7) is 0. The van der Waals surface area contributed by atoms with E-state index in [1.807, 2.05) is 0 Å². The summed E-state index contributed by atoms with van der Waals surface area (Å²) in [4.78, 5) is 21.5. The number of hydrogen-bond acceptors (Lipinski definition) is 2. The number of hydrogen-bond donors (Lipinski definition) is 0. The molecule has 1 unspecified atom stereocenters. The molecule has 1 saturated carbocycles. The van der Waals surface area contributed by atoms with Crippen molar-refractivity contribution in [3.05, 3.63) is 0 Å². The zero-order chi connectivity index (χ0) is 6.85. The van der Waals surface area contributed by atoms with Crippen molar-refractivity contribution in [2.24, 2.45) is 0 Å². The van der Waals surface area contributed by atoms with Gasteiger partial charge in [0.1, 0.15) is 0 Å². The Bertz CT molecular complexity index is 153. The van der Waals surface area contributed by atoms with Crippen LogP contribution in [-0.2, 0) is 9.59 Å². The Morgan fingerprint density at radius 3 is 2.56 bits per heavy atom. The molecule has 0 aromatic heterocycles. The summed E-state index contributed by atoms with van der Waals surface area (Å²) in [6, 6.07) is 0. The van der Waals surface area contributed by atoms with Gasteiger partial charge in [-0.2, -0.15) is 0 Å². The third-order valence-electron chi connectivity index (χ3n) is 1.76. The molecule has 0 radical (unpaired) electrons.